The van der Waals surface area contributed by atoms with Crippen LogP contribution in [0.1, 0.15) is 22.3 Å². The van der Waals surface area contributed by atoms with Gasteiger partial charge in [0.15, 0.2) is 0 Å². The van der Waals surface area contributed by atoms with E-state index in [4.69, 9.17) is 4.74 Å². The van der Waals surface area contributed by atoms with E-state index in [9.17, 15) is 4.79 Å². The van der Waals surface area contributed by atoms with Crippen molar-refractivity contribution in [3.63, 3.8) is 0 Å². The second-order valence-electron chi connectivity index (χ2n) is 5.77. The molecule has 0 aliphatic heterocycles. The van der Waals surface area contributed by atoms with Gasteiger partial charge in [0, 0.05) is 5.69 Å². The van der Waals surface area contributed by atoms with Gasteiger partial charge in [-0.2, -0.15) is 0 Å². The predicted octanol–water partition coefficient (Wildman–Crippen LogP) is 4.12. The lowest BCUT2D eigenvalue weighted by Crippen LogP contribution is -2.32. The fourth-order valence-corrected chi connectivity index (χ4v) is 2.46. The molecule has 2 amide bonds. The first-order chi connectivity index (χ1) is 11.0. The molecule has 0 unspecified atom stereocenters. The summed E-state index contributed by atoms with van der Waals surface area (Å²) in [6.07, 6.45) is 0. The van der Waals surface area contributed by atoms with Crippen LogP contribution in [-0.2, 0) is 0 Å². The molecule has 0 heterocycles. The maximum Gasteiger partial charge on any atom is 0.319 e. The zero-order valence-electron chi connectivity index (χ0n) is 14.2. The van der Waals surface area contributed by atoms with Gasteiger partial charge in [0.05, 0.1) is 6.54 Å². The first kappa shape index (κ1) is 16.9. The Morgan fingerprint density at radius 3 is 2.35 bits per heavy atom. The smallest absolute Gasteiger partial charge is 0.319 e. The molecule has 2 aromatic carbocycles. The monoisotopic (exact) mass is 312 g/mol. The SMILES string of the molecule is Cc1ccc(OCCNC(=O)Nc2c(C)cccc2C)c(C)c1. The molecule has 0 aliphatic carbocycles. The quantitative estimate of drug-likeness (QED) is 0.816. The van der Waals surface area contributed by atoms with E-state index in [1.807, 2.05) is 51.1 Å². The number of urea groups is 1. The molecule has 0 radical (unpaired) electrons. The fraction of sp³-hybridized carbons (Fsp3) is 0.316. The molecule has 0 aliphatic rings. The summed E-state index contributed by atoms with van der Waals surface area (Å²) in [5.74, 6) is 0.854. The number of hydrogen-bond donors (Lipinski definition) is 2. The zero-order valence-corrected chi connectivity index (χ0v) is 14.2. The normalized spacial score (nSPS) is 10.3. The molecule has 23 heavy (non-hydrogen) atoms. The van der Waals surface area contributed by atoms with Gasteiger partial charge in [0.2, 0.25) is 0 Å². The van der Waals surface area contributed by atoms with Gasteiger partial charge < -0.3 is 15.4 Å². The summed E-state index contributed by atoms with van der Waals surface area (Å²) < 4.78 is 5.70. The van der Waals surface area contributed by atoms with Crippen molar-refractivity contribution in [1.29, 1.82) is 0 Å². The van der Waals surface area contributed by atoms with Crippen molar-refractivity contribution < 1.29 is 9.53 Å². The molecule has 0 saturated carbocycles. The summed E-state index contributed by atoms with van der Waals surface area (Å²) in [6, 6.07) is 11.8. The van der Waals surface area contributed by atoms with Crippen LogP contribution in [0, 0.1) is 27.7 Å². The van der Waals surface area contributed by atoms with Crippen LogP contribution in [0.5, 0.6) is 5.75 Å². The third kappa shape index (κ3) is 4.74. The molecule has 0 bridgehead atoms. The van der Waals surface area contributed by atoms with E-state index in [2.05, 4.69) is 23.6 Å². The van der Waals surface area contributed by atoms with Crippen LogP contribution in [0.2, 0.25) is 0 Å². The van der Waals surface area contributed by atoms with Gasteiger partial charge in [-0.05, 0) is 50.5 Å². The Balaban J connectivity index is 1.79. The van der Waals surface area contributed by atoms with E-state index in [-0.39, 0.29) is 6.03 Å². The zero-order chi connectivity index (χ0) is 16.8. The Morgan fingerprint density at radius 2 is 1.70 bits per heavy atom. The van der Waals surface area contributed by atoms with Crippen molar-refractivity contribution in [2.24, 2.45) is 0 Å². The minimum absolute atomic E-state index is 0.216. The Hall–Kier alpha value is -2.49. The first-order valence-electron chi connectivity index (χ1n) is 7.78. The number of para-hydroxylation sites is 1. The largest absolute Gasteiger partial charge is 0.491 e. The van der Waals surface area contributed by atoms with Gasteiger partial charge in [-0.3, -0.25) is 0 Å². The summed E-state index contributed by atoms with van der Waals surface area (Å²) in [7, 11) is 0. The second-order valence-corrected chi connectivity index (χ2v) is 5.77. The molecular weight excluding hydrogens is 288 g/mol. The molecule has 2 N–H and O–H groups in total. The number of hydrogen-bond acceptors (Lipinski definition) is 2. The number of aryl methyl sites for hydroxylation is 4. The van der Waals surface area contributed by atoms with Crippen LogP contribution in [-0.4, -0.2) is 19.2 Å². The number of rotatable bonds is 5. The van der Waals surface area contributed by atoms with Crippen LogP contribution in [0.25, 0.3) is 0 Å². The van der Waals surface area contributed by atoms with Gasteiger partial charge in [0.1, 0.15) is 12.4 Å². The van der Waals surface area contributed by atoms with E-state index in [1.54, 1.807) is 0 Å². The highest BCUT2D eigenvalue weighted by Crippen LogP contribution is 2.19. The highest BCUT2D eigenvalue weighted by Gasteiger charge is 2.06. The van der Waals surface area contributed by atoms with Crippen molar-refractivity contribution in [2.45, 2.75) is 27.7 Å². The Bertz CT molecular complexity index is 676. The molecule has 0 aromatic heterocycles. The number of anilines is 1. The molecule has 0 fully saturated rings. The minimum atomic E-state index is -0.216. The maximum atomic E-state index is 12.0. The molecule has 4 nitrogen and oxygen atoms in total. The molecule has 2 rings (SSSR count). The highest BCUT2D eigenvalue weighted by atomic mass is 16.5. The minimum Gasteiger partial charge on any atom is -0.491 e. The van der Waals surface area contributed by atoms with Crippen molar-refractivity contribution in [3.05, 3.63) is 58.7 Å². The molecule has 0 atom stereocenters. The number of amides is 2. The lowest BCUT2D eigenvalue weighted by atomic mass is 10.1. The number of nitrogens with one attached hydrogen (secondary N) is 2. The summed E-state index contributed by atoms with van der Waals surface area (Å²) in [6.45, 7) is 8.91. The van der Waals surface area contributed by atoms with Gasteiger partial charge in [-0.15, -0.1) is 0 Å². The number of benzene rings is 2. The van der Waals surface area contributed by atoms with Crippen molar-refractivity contribution >= 4 is 11.7 Å². The Labute approximate surface area is 137 Å². The van der Waals surface area contributed by atoms with E-state index < -0.39 is 0 Å². The van der Waals surface area contributed by atoms with Gasteiger partial charge in [0.25, 0.3) is 0 Å². The van der Waals surface area contributed by atoms with E-state index in [0.717, 1.165) is 28.1 Å². The first-order valence-corrected chi connectivity index (χ1v) is 7.78. The topological polar surface area (TPSA) is 50.4 Å². The third-order valence-corrected chi connectivity index (χ3v) is 3.70. The van der Waals surface area contributed by atoms with Crippen LogP contribution in [0.4, 0.5) is 10.5 Å². The van der Waals surface area contributed by atoms with Gasteiger partial charge in [-0.1, -0.05) is 35.9 Å². The molecule has 0 saturated heterocycles. The van der Waals surface area contributed by atoms with Crippen LogP contribution in [0.15, 0.2) is 36.4 Å². The number of carbonyl (C=O) groups is 1. The molecule has 0 spiro atoms. The Kier molecular flexibility index (Phi) is 5.63. The average molecular weight is 312 g/mol. The van der Waals surface area contributed by atoms with E-state index >= 15 is 0 Å². The lowest BCUT2D eigenvalue weighted by molar-refractivity contribution is 0.247. The van der Waals surface area contributed by atoms with Crippen molar-refractivity contribution in [2.75, 3.05) is 18.5 Å². The summed E-state index contributed by atoms with van der Waals surface area (Å²) in [5, 5.41) is 5.70. The van der Waals surface area contributed by atoms with Gasteiger partial charge in [-0.25, -0.2) is 4.79 Å². The Morgan fingerprint density at radius 1 is 1.00 bits per heavy atom. The molecule has 122 valence electrons. The lowest BCUT2D eigenvalue weighted by Gasteiger charge is -2.13. The summed E-state index contributed by atoms with van der Waals surface area (Å²) in [5.41, 5.74) is 5.27. The number of carbonyl (C=O) groups excluding carboxylic acids is 1. The molecular formula is C19H24N2O2. The van der Waals surface area contributed by atoms with Crippen LogP contribution < -0.4 is 15.4 Å². The van der Waals surface area contributed by atoms with E-state index in [1.165, 1.54) is 5.56 Å². The second kappa shape index (κ2) is 7.68. The third-order valence-electron chi connectivity index (χ3n) is 3.70. The molecule has 4 heteroatoms. The van der Waals surface area contributed by atoms with Gasteiger partial charge >= 0.3 is 6.03 Å². The van der Waals surface area contributed by atoms with Crippen molar-refractivity contribution in [3.8, 4) is 5.75 Å². The van der Waals surface area contributed by atoms with E-state index in [0.29, 0.717) is 13.2 Å². The molecule has 2 aromatic rings. The average Bonchev–Trinajstić information content (AvgIpc) is 2.49. The number of ether oxygens (including phenoxy) is 1. The van der Waals surface area contributed by atoms with Crippen molar-refractivity contribution in [1.82, 2.24) is 5.32 Å². The van der Waals surface area contributed by atoms with Crippen LogP contribution in [0.3, 0.4) is 0 Å². The van der Waals surface area contributed by atoms with Crippen LogP contribution >= 0.6 is 0 Å². The standard InChI is InChI=1S/C19H24N2O2/c1-13-8-9-17(16(4)12-13)23-11-10-20-19(22)21-18-14(2)6-5-7-15(18)3/h5-9,12H,10-11H2,1-4H3,(H2,20,21,22). The predicted molar refractivity (Wildman–Crippen MR) is 94.3 cm³/mol. The summed E-state index contributed by atoms with van der Waals surface area (Å²) in [4.78, 5) is 12.0. The summed E-state index contributed by atoms with van der Waals surface area (Å²) >= 11 is 0. The fourth-order valence-electron chi connectivity index (χ4n) is 2.46. The maximum absolute atomic E-state index is 12.0. The highest BCUT2D eigenvalue weighted by molar-refractivity contribution is 5.90.